The molecule has 4 nitrogen and oxygen atoms in total. The summed E-state index contributed by atoms with van der Waals surface area (Å²) in [6, 6.07) is 3.55. The van der Waals surface area contributed by atoms with Gasteiger partial charge >= 0.3 is 0 Å². The van der Waals surface area contributed by atoms with Gasteiger partial charge in [0.05, 0.1) is 5.56 Å². The molecule has 1 amide bonds. The summed E-state index contributed by atoms with van der Waals surface area (Å²) in [5.74, 6) is -0.128. The Morgan fingerprint density at radius 2 is 2.00 bits per heavy atom. The van der Waals surface area contributed by atoms with E-state index in [-0.39, 0.29) is 23.5 Å². The van der Waals surface area contributed by atoms with Gasteiger partial charge in [0.25, 0.3) is 0 Å². The van der Waals surface area contributed by atoms with E-state index in [2.05, 4.69) is 5.32 Å². The largest absolute Gasteiger partial charge is 0.507 e. The Morgan fingerprint density at radius 3 is 2.61 bits per heavy atom. The van der Waals surface area contributed by atoms with Crippen molar-refractivity contribution in [2.24, 2.45) is 0 Å². The van der Waals surface area contributed by atoms with Crippen molar-refractivity contribution in [1.29, 1.82) is 0 Å². The van der Waals surface area contributed by atoms with E-state index in [1.807, 2.05) is 0 Å². The van der Waals surface area contributed by atoms with Gasteiger partial charge in [0.2, 0.25) is 5.91 Å². The van der Waals surface area contributed by atoms with Crippen LogP contribution in [-0.4, -0.2) is 22.8 Å². The minimum Gasteiger partial charge on any atom is -0.507 e. The molecule has 0 heterocycles. The van der Waals surface area contributed by atoms with Gasteiger partial charge in [-0.05, 0) is 49.4 Å². The molecule has 2 N–H and O–H groups in total. The fourth-order valence-electron chi connectivity index (χ4n) is 2.49. The van der Waals surface area contributed by atoms with Crippen LogP contribution in [0.4, 0.5) is 0 Å². The van der Waals surface area contributed by atoms with Crippen molar-refractivity contribution in [2.45, 2.75) is 39.2 Å². The van der Waals surface area contributed by atoms with Crippen LogP contribution in [0, 0.1) is 0 Å². The van der Waals surface area contributed by atoms with Gasteiger partial charge in [-0.25, -0.2) is 0 Å². The Morgan fingerprint density at radius 1 is 1.28 bits per heavy atom. The van der Waals surface area contributed by atoms with E-state index in [0.29, 0.717) is 12.0 Å². The molecule has 0 aliphatic heterocycles. The maximum absolute atomic E-state index is 11.3. The van der Waals surface area contributed by atoms with Crippen LogP contribution in [0.1, 0.15) is 41.8 Å². The molecule has 1 aromatic carbocycles. The first-order valence-electron chi connectivity index (χ1n) is 6.10. The number of carbonyl (C=O) groups excluding carboxylic acids is 2. The van der Waals surface area contributed by atoms with Gasteiger partial charge < -0.3 is 10.4 Å². The summed E-state index contributed by atoms with van der Waals surface area (Å²) in [5.41, 5.74) is 2.49. The lowest BCUT2D eigenvalue weighted by molar-refractivity contribution is -0.119. The van der Waals surface area contributed by atoms with Crippen molar-refractivity contribution < 1.29 is 14.7 Å². The van der Waals surface area contributed by atoms with Crippen molar-refractivity contribution >= 4 is 11.7 Å². The number of rotatable bonds is 2. The van der Waals surface area contributed by atoms with Gasteiger partial charge in [-0.2, -0.15) is 0 Å². The molecule has 0 radical (unpaired) electrons. The highest BCUT2D eigenvalue weighted by Gasteiger charge is 2.21. The van der Waals surface area contributed by atoms with E-state index in [1.54, 1.807) is 12.1 Å². The standard InChI is InChI=1S/C14H17NO3/c1-8(16)13-6-10-3-4-12(15-9(2)17)5-11(10)7-14(13)18/h6-7,12,18H,3-5H2,1-2H3,(H,15,17). The smallest absolute Gasteiger partial charge is 0.217 e. The fourth-order valence-corrected chi connectivity index (χ4v) is 2.49. The first kappa shape index (κ1) is 12.6. The molecule has 0 spiro atoms. The number of carbonyl (C=O) groups is 2. The summed E-state index contributed by atoms with van der Waals surface area (Å²) in [6.07, 6.45) is 2.40. The highest BCUT2D eigenvalue weighted by molar-refractivity contribution is 5.97. The van der Waals surface area contributed by atoms with Crippen molar-refractivity contribution in [3.8, 4) is 5.75 Å². The number of Topliss-reactive ketones (excluding diaryl/α,β-unsaturated/α-hetero) is 1. The third-order valence-corrected chi connectivity index (χ3v) is 3.33. The Hall–Kier alpha value is -1.84. The summed E-state index contributed by atoms with van der Waals surface area (Å²) >= 11 is 0. The predicted octanol–water partition coefficient (Wildman–Crippen LogP) is 1.59. The number of ketones is 1. The molecule has 0 aromatic heterocycles. The third-order valence-electron chi connectivity index (χ3n) is 3.33. The van der Waals surface area contributed by atoms with Gasteiger partial charge in [-0.15, -0.1) is 0 Å². The topological polar surface area (TPSA) is 66.4 Å². The molecule has 4 heteroatoms. The van der Waals surface area contributed by atoms with Crippen molar-refractivity contribution in [2.75, 3.05) is 0 Å². The van der Waals surface area contributed by atoms with Crippen LogP contribution >= 0.6 is 0 Å². The number of fused-ring (bicyclic) bond motifs is 1. The summed E-state index contributed by atoms with van der Waals surface area (Å²) in [4.78, 5) is 22.4. The maximum Gasteiger partial charge on any atom is 0.217 e. The van der Waals surface area contributed by atoms with Gasteiger partial charge in [-0.1, -0.05) is 0 Å². The second kappa shape index (κ2) is 4.80. The van der Waals surface area contributed by atoms with Crippen LogP contribution in [0.5, 0.6) is 5.75 Å². The van der Waals surface area contributed by atoms with Gasteiger partial charge in [0, 0.05) is 13.0 Å². The predicted molar refractivity (Wildman–Crippen MR) is 67.7 cm³/mol. The molecule has 96 valence electrons. The number of hydrogen-bond acceptors (Lipinski definition) is 3. The molecule has 0 saturated carbocycles. The molecule has 2 rings (SSSR count). The van der Waals surface area contributed by atoms with Crippen molar-refractivity contribution in [3.05, 3.63) is 28.8 Å². The Labute approximate surface area is 106 Å². The molecule has 1 unspecified atom stereocenters. The van der Waals surface area contributed by atoms with Crippen LogP contribution in [-0.2, 0) is 17.6 Å². The fraction of sp³-hybridized carbons (Fsp3) is 0.429. The lowest BCUT2D eigenvalue weighted by Crippen LogP contribution is -2.37. The molecule has 18 heavy (non-hydrogen) atoms. The summed E-state index contributed by atoms with van der Waals surface area (Å²) in [6.45, 7) is 2.95. The first-order valence-corrected chi connectivity index (χ1v) is 6.10. The molecular formula is C14H17NO3. The number of benzene rings is 1. The van der Waals surface area contributed by atoms with E-state index in [4.69, 9.17) is 0 Å². The van der Waals surface area contributed by atoms with Crippen molar-refractivity contribution in [3.63, 3.8) is 0 Å². The lowest BCUT2D eigenvalue weighted by atomic mass is 9.86. The highest BCUT2D eigenvalue weighted by Crippen LogP contribution is 2.28. The zero-order chi connectivity index (χ0) is 13.3. The summed E-state index contributed by atoms with van der Waals surface area (Å²) in [7, 11) is 0. The van der Waals surface area contributed by atoms with Crippen LogP contribution in [0.25, 0.3) is 0 Å². The molecule has 0 saturated heterocycles. The Bertz CT molecular complexity index is 508. The number of amides is 1. The van der Waals surface area contributed by atoms with E-state index in [9.17, 15) is 14.7 Å². The average molecular weight is 247 g/mol. The molecule has 1 aromatic rings. The monoisotopic (exact) mass is 247 g/mol. The zero-order valence-electron chi connectivity index (χ0n) is 10.6. The summed E-state index contributed by atoms with van der Waals surface area (Å²) in [5, 5.41) is 12.7. The minimum atomic E-state index is -0.126. The van der Waals surface area contributed by atoms with E-state index in [0.717, 1.165) is 24.0 Å². The molecule has 1 atom stereocenters. The molecule has 0 fully saturated rings. The number of hydrogen-bond donors (Lipinski definition) is 2. The number of aryl methyl sites for hydroxylation is 1. The third kappa shape index (κ3) is 2.53. The summed E-state index contributed by atoms with van der Waals surface area (Å²) < 4.78 is 0. The maximum atomic E-state index is 11.3. The molecular weight excluding hydrogens is 230 g/mol. The Balaban J connectivity index is 2.26. The van der Waals surface area contributed by atoms with E-state index in [1.165, 1.54) is 13.8 Å². The molecule has 0 bridgehead atoms. The SMILES string of the molecule is CC(=O)NC1CCc2cc(C(C)=O)c(O)cc2C1. The Kier molecular flexibility index (Phi) is 3.36. The lowest BCUT2D eigenvalue weighted by Gasteiger charge is -2.25. The number of aromatic hydroxyl groups is 1. The van der Waals surface area contributed by atoms with Gasteiger partial charge in [0.15, 0.2) is 5.78 Å². The van der Waals surface area contributed by atoms with Crippen molar-refractivity contribution in [1.82, 2.24) is 5.32 Å². The number of phenols is 1. The zero-order valence-corrected chi connectivity index (χ0v) is 10.6. The molecule has 1 aliphatic rings. The molecule has 1 aliphatic carbocycles. The van der Waals surface area contributed by atoms with Crippen LogP contribution in [0.2, 0.25) is 0 Å². The van der Waals surface area contributed by atoms with Gasteiger partial charge in [0.1, 0.15) is 5.75 Å². The second-order valence-electron chi connectivity index (χ2n) is 4.83. The van der Waals surface area contributed by atoms with E-state index < -0.39 is 0 Å². The van der Waals surface area contributed by atoms with Gasteiger partial charge in [-0.3, -0.25) is 9.59 Å². The van der Waals surface area contributed by atoms with Crippen LogP contribution in [0.15, 0.2) is 12.1 Å². The number of phenolic OH excluding ortho intramolecular Hbond substituents is 1. The first-order chi connectivity index (χ1) is 8.47. The van der Waals surface area contributed by atoms with Crippen LogP contribution < -0.4 is 5.32 Å². The number of nitrogens with one attached hydrogen (secondary N) is 1. The highest BCUT2D eigenvalue weighted by atomic mass is 16.3. The minimum absolute atomic E-state index is 0.0322. The second-order valence-corrected chi connectivity index (χ2v) is 4.83. The normalized spacial score (nSPS) is 18.0. The average Bonchev–Trinajstić information content (AvgIpc) is 2.26. The quantitative estimate of drug-likeness (QED) is 0.780. The van der Waals surface area contributed by atoms with E-state index >= 15 is 0 Å². The van der Waals surface area contributed by atoms with Crippen LogP contribution in [0.3, 0.4) is 0 Å².